The summed E-state index contributed by atoms with van der Waals surface area (Å²) in [5.41, 5.74) is 0.974. The fourth-order valence-corrected chi connectivity index (χ4v) is 1.35. The highest BCUT2D eigenvalue weighted by atomic mass is 16.4. The number of hydrogen-bond acceptors (Lipinski definition) is 3. The summed E-state index contributed by atoms with van der Waals surface area (Å²) >= 11 is 0. The van der Waals surface area contributed by atoms with Gasteiger partial charge in [0.05, 0.1) is 17.2 Å². The van der Waals surface area contributed by atoms with Gasteiger partial charge in [0.25, 0.3) is 0 Å². The van der Waals surface area contributed by atoms with Crippen LogP contribution >= 0.6 is 0 Å². The molecule has 0 aromatic heterocycles. The van der Waals surface area contributed by atoms with Crippen molar-refractivity contribution in [3.8, 4) is 6.07 Å². The molecule has 1 aromatic rings. The lowest BCUT2D eigenvalue weighted by atomic mass is 9.98. The standard InChI is InChI=1S/C11H9NO3/c1-2-7-3-8(5-12)9(6-13)4-10(7)11(14)15/h3-4,6H,2H2,1H3,(H,14,15). The van der Waals surface area contributed by atoms with Crippen molar-refractivity contribution < 1.29 is 14.7 Å². The fraction of sp³-hybridized carbons (Fsp3) is 0.182. The quantitative estimate of drug-likeness (QED) is 0.757. The molecule has 0 unspecified atom stereocenters. The lowest BCUT2D eigenvalue weighted by Crippen LogP contribution is -2.04. The number of aldehydes is 1. The molecule has 0 aliphatic carbocycles. The van der Waals surface area contributed by atoms with E-state index in [1.165, 1.54) is 12.1 Å². The summed E-state index contributed by atoms with van der Waals surface area (Å²) in [7, 11) is 0. The van der Waals surface area contributed by atoms with E-state index in [4.69, 9.17) is 10.4 Å². The van der Waals surface area contributed by atoms with E-state index in [2.05, 4.69) is 0 Å². The van der Waals surface area contributed by atoms with Crippen LogP contribution in [0.5, 0.6) is 0 Å². The van der Waals surface area contributed by atoms with Gasteiger partial charge in [-0.1, -0.05) is 6.92 Å². The van der Waals surface area contributed by atoms with Crippen LogP contribution in [0.25, 0.3) is 0 Å². The summed E-state index contributed by atoms with van der Waals surface area (Å²) in [6.45, 7) is 1.80. The summed E-state index contributed by atoms with van der Waals surface area (Å²) in [5.74, 6) is -1.08. The van der Waals surface area contributed by atoms with E-state index in [-0.39, 0.29) is 16.7 Å². The number of carbonyl (C=O) groups excluding carboxylic acids is 1. The number of benzene rings is 1. The number of carbonyl (C=O) groups is 2. The molecule has 4 heteroatoms. The number of hydrogen-bond donors (Lipinski definition) is 1. The van der Waals surface area contributed by atoms with Gasteiger partial charge < -0.3 is 5.11 Å². The van der Waals surface area contributed by atoms with Gasteiger partial charge in [-0.3, -0.25) is 4.79 Å². The van der Waals surface area contributed by atoms with E-state index in [0.29, 0.717) is 18.3 Å². The van der Waals surface area contributed by atoms with Gasteiger partial charge in [0.1, 0.15) is 0 Å². The fourth-order valence-electron chi connectivity index (χ4n) is 1.35. The Hall–Kier alpha value is -2.15. The predicted octanol–water partition coefficient (Wildman–Crippen LogP) is 1.63. The van der Waals surface area contributed by atoms with Crippen molar-refractivity contribution in [1.82, 2.24) is 0 Å². The van der Waals surface area contributed by atoms with Crippen molar-refractivity contribution in [3.63, 3.8) is 0 Å². The van der Waals surface area contributed by atoms with E-state index in [1.54, 1.807) is 6.92 Å². The smallest absolute Gasteiger partial charge is 0.335 e. The lowest BCUT2D eigenvalue weighted by molar-refractivity contribution is 0.0695. The molecule has 1 aromatic carbocycles. The van der Waals surface area contributed by atoms with Gasteiger partial charge in [0.15, 0.2) is 6.29 Å². The molecule has 0 aliphatic heterocycles. The molecule has 0 radical (unpaired) electrons. The molecule has 15 heavy (non-hydrogen) atoms. The molecular weight excluding hydrogens is 194 g/mol. The predicted molar refractivity (Wildman–Crippen MR) is 52.9 cm³/mol. The average Bonchev–Trinajstić information content (AvgIpc) is 2.26. The Morgan fingerprint density at radius 3 is 2.67 bits per heavy atom. The second-order valence-corrected chi connectivity index (χ2v) is 2.98. The van der Waals surface area contributed by atoms with Crippen LogP contribution in [0.3, 0.4) is 0 Å². The molecule has 76 valence electrons. The minimum atomic E-state index is -1.08. The number of nitrogens with zero attached hydrogens (tertiary/aromatic N) is 1. The van der Waals surface area contributed by atoms with E-state index >= 15 is 0 Å². The number of nitriles is 1. The maximum Gasteiger partial charge on any atom is 0.335 e. The van der Waals surface area contributed by atoms with E-state index in [0.717, 1.165) is 0 Å². The van der Waals surface area contributed by atoms with Crippen LogP contribution in [-0.4, -0.2) is 17.4 Å². The zero-order valence-corrected chi connectivity index (χ0v) is 8.15. The summed E-state index contributed by atoms with van der Waals surface area (Å²) in [4.78, 5) is 21.5. The second-order valence-electron chi connectivity index (χ2n) is 2.98. The Bertz CT molecular complexity index is 458. The van der Waals surface area contributed by atoms with E-state index in [9.17, 15) is 9.59 Å². The number of carboxylic acids is 1. The topological polar surface area (TPSA) is 78.2 Å². The summed E-state index contributed by atoms with van der Waals surface area (Å²) in [5, 5.41) is 17.6. The van der Waals surface area contributed by atoms with Crippen molar-refractivity contribution >= 4 is 12.3 Å². The van der Waals surface area contributed by atoms with Crippen LogP contribution in [0.1, 0.15) is 38.8 Å². The van der Waals surface area contributed by atoms with Crippen LogP contribution in [0.2, 0.25) is 0 Å². The maximum atomic E-state index is 10.8. The third kappa shape index (κ3) is 2.02. The van der Waals surface area contributed by atoms with Crippen LogP contribution in [0.15, 0.2) is 12.1 Å². The van der Waals surface area contributed by atoms with Gasteiger partial charge in [-0.2, -0.15) is 5.26 Å². The van der Waals surface area contributed by atoms with Gasteiger partial charge in [-0.25, -0.2) is 4.79 Å². The number of aryl methyl sites for hydroxylation is 1. The molecule has 0 heterocycles. The number of rotatable bonds is 3. The zero-order chi connectivity index (χ0) is 11.4. The number of aromatic carboxylic acids is 1. The summed E-state index contributed by atoms with van der Waals surface area (Å²) in [6.07, 6.45) is 1.000. The Kier molecular flexibility index (Phi) is 3.19. The second kappa shape index (κ2) is 4.38. The Balaban J connectivity index is 3.49. The Labute approximate surface area is 86.8 Å². The minimum Gasteiger partial charge on any atom is -0.478 e. The summed E-state index contributed by atoms with van der Waals surface area (Å²) in [6, 6.07) is 4.56. The molecule has 1 rings (SSSR count). The molecule has 0 spiro atoms. The molecule has 0 bridgehead atoms. The van der Waals surface area contributed by atoms with Crippen molar-refractivity contribution in [2.45, 2.75) is 13.3 Å². The van der Waals surface area contributed by atoms with Crippen LogP contribution in [-0.2, 0) is 6.42 Å². The molecule has 0 aliphatic rings. The molecule has 0 atom stereocenters. The molecule has 0 fully saturated rings. The monoisotopic (exact) mass is 203 g/mol. The lowest BCUT2D eigenvalue weighted by Gasteiger charge is -2.05. The molecule has 0 saturated carbocycles. The third-order valence-corrected chi connectivity index (χ3v) is 2.13. The first-order valence-corrected chi connectivity index (χ1v) is 4.39. The van der Waals surface area contributed by atoms with Crippen molar-refractivity contribution in [2.75, 3.05) is 0 Å². The first-order valence-electron chi connectivity index (χ1n) is 4.39. The highest BCUT2D eigenvalue weighted by Gasteiger charge is 2.13. The van der Waals surface area contributed by atoms with Crippen LogP contribution in [0, 0.1) is 11.3 Å². The molecule has 0 saturated heterocycles. The van der Waals surface area contributed by atoms with Gasteiger partial charge in [-0.15, -0.1) is 0 Å². The zero-order valence-electron chi connectivity index (χ0n) is 8.15. The Morgan fingerprint density at radius 2 is 2.27 bits per heavy atom. The Morgan fingerprint density at radius 1 is 1.60 bits per heavy atom. The van der Waals surface area contributed by atoms with Crippen LogP contribution < -0.4 is 0 Å². The van der Waals surface area contributed by atoms with Crippen molar-refractivity contribution in [3.05, 3.63) is 34.4 Å². The SMILES string of the molecule is CCc1cc(C#N)c(C=O)cc1C(=O)O. The molecule has 4 nitrogen and oxygen atoms in total. The van der Waals surface area contributed by atoms with Crippen molar-refractivity contribution in [2.24, 2.45) is 0 Å². The maximum absolute atomic E-state index is 10.8. The van der Waals surface area contributed by atoms with Crippen LogP contribution in [0.4, 0.5) is 0 Å². The number of carboxylic acid groups (broad SMARTS) is 1. The highest BCUT2D eigenvalue weighted by molar-refractivity contribution is 5.93. The highest BCUT2D eigenvalue weighted by Crippen LogP contribution is 2.16. The van der Waals surface area contributed by atoms with E-state index < -0.39 is 5.97 Å². The average molecular weight is 203 g/mol. The normalized spacial score (nSPS) is 9.33. The minimum absolute atomic E-state index is 0.0820. The van der Waals surface area contributed by atoms with Gasteiger partial charge in [-0.05, 0) is 24.1 Å². The molecular formula is C11H9NO3. The molecule has 0 amide bonds. The van der Waals surface area contributed by atoms with Crippen molar-refractivity contribution in [1.29, 1.82) is 5.26 Å². The van der Waals surface area contributed by atoms with Gasteiger partial charge >= 0.3 is 5.97 Å². The largest absolute Gasteiger partial charge is 0.478 e. The first kappa shape index (κ1) is 10.9. The molecule has 1 N–H and O–H groups in total. The van der Waals surface area contributed by atoms with Gasteiger partial charge in [0, 0.05) is 5.56 Å². The van der Waals surface area contributed by atoms with Gasteiger partial charge in [0.2, 0.25) is 0 Å². The van der Waals surface area contributed by atoms with E-state index in [1.807, 2.05) is 6.07 Å². The summed E-state index contributed by atoms with van der Waals surface area (Å²) < 4.78 is 0. The third-order valence-electron chi connectivity index (χ3n) is 2.13. The first-order chi connectivity index (χ1) is 7.13.